The van der Waals surface area contributed by atoms with Gasteiger partial charge in [0.2, 0.25) is 0 Å². The molecule has 1 aromatic carbocycles. The molecule has 2 rings (SSSR count). The molecule has 2 heteroatoms. The highest BCUT2D eigenvalue weighted by Gasteiger charge is 2.18. The molecule has 1 heterocycles. The van der Waals surface area contributed by atoms with Crippen LogP contribution in [-0.4, -0.2) is 6.04 Å². The van der Waals surface area contributed by atoms with E-state index in [1.165, 1.54) is 11.1 Å². The van der Waals surface area contributed by atoms with Crippen LogP contribution in [0, 0.1) is 0 Å². The van der Waals surface area contributed by atoms with Crippen LogP contribution in [0.4, 0.5) is 0 Å². The Morgan fingerprint density at radius 1 is 1.18 bits per heavy atom. The smallest absolute Gasteiger partial charge is 0.0149 e. The molecule has 0 aliphatic rings. The Labute approximate surface area is 107 Å². The van der Waals surface area contributed by atoms with Crippen molar-refractivity contribution in [1.82, 2.24) is 0 Å². The van der Waals surface area contributed by atoms with E-state index in [0.29, 0.717) is 5.92 Å². The van der Waals surface area contributed by atoms with Gasteiger partial charge in [-0.25, -0.2) is 0 Å². The topological polar surface area (TPSA) is 26.0 Å². The maximum Gasteiger partial charge on any atom is 0.0149 e. The van der Waals surface area contributed by atoms with Gasteiger partial charge in [0.1, 0.15) is 0 Å². The lowest BCUT2D eigenvalue weighted by atomic mass is 9.87. The highest BCUT2D eigenvalue weighted by atomic mass is 32.1. The van der Waals surface area contributed by atoms with Crippen molar-refractivity contribution in [2.45, 2.75) is 31.7 Å². The predicted molar refractivity (Wildman–Crippen MR) is 75.5 cm³/mol. The van der Waals surface area contributed by atoms with Crippen molar-refractivity contribution in [3.8, 4) is 0 Å². The molecule has 1 aromatic heterocycles. The highest BCUT2D eigenvalue weighted by Crippen LogP contribution is 2.24. The average molecular weight is 245 g/mol. The van der Waals surface area contributed by atoms with Crippen molar-refractivity contribution in [3.63, 3.8) is 0 Å². The summed E-state index contributed by atoms with van der Waals surface area (Å²) in [6, 6.07) is 13.0. The molecule has 17 heavy (non-hydrogen) atoms. The Hall–Kier alpha value is -1.12. The molecule has 2 N–H and O–H groups in total. The van der Waals surface area contributed by atoms with Gasteiger partial charge in [0.15, 0.2) is 0 Å². The summed E-state index contributed by atoms with van der Waals surface area (Å²) in [6.45, 7) is 2.21. The second-order valence-corrected chi connectivity index (χ2v) is 5.21. The Balaban J connectivity index is 2.08. The SMILES string of the molecule is CCC(c1ccccc1)C(N)Cc1ccsc1. The molecule has 0 amide bonds. The zero-order chi connectivity index (χ0) is 12.1. The minimum absolute atomic E-state index is 0.206. The van der Waals surface area contributed by atoms with Gasteiger partial charge in [-0.1, -0.05) is 37.3 Å². The number of benzene rings is 1. The molecule has 0 spiro atoms. The van der Waals surface area contributed by atoms with E-state index in [2.05, 4.69) is 54.1 Å². The first-order chi connectivity index (χ1) is 8.31. The quantitative estimate of drug-likeness (QED) is 0.851. The molecule has 0 fully saturated rings. The third-order valence-electron chi connectivity index (χ3n) is 3.24. The third kappa shape index (κ3) is 3.18. The van der Waals surface area contributed by atoms with Crippen LogP contribution in [0.2, 0.25) is 0 Å². The summed E-state index contributed by atoms with van der Waals surface area (Å²) < 4.78 is 0. The van der Waals surface area contributed by atoms with Gasteiger partial charge in [0.25, 0.3) is 0 Å². The second-order valence-electron chi connectivity index (χ2n) is 4.43. The van der Waals surface area contributed by atoms with Crippen LogP contribution in [0.3, 0.4) is 0 Å². The van der Waals surface area contributed by atoms with Crippen LogP contribution in [0.5, 0.6) is 0 Å². The van der Waals surface area contributed by atoms with Crippen LogP contribution in [-0.2, 0) is 6.42 Å². The molecule has 0 saturated heterocycles. The van der Waals surface area contributed by atoms with Gasteiger partial charge in [-0.2, -0.15) is 11.3 Å². The molecule has 2 atom stereocenters. The van der Waals surface area contributed by atoms with Crippen LogP contribution in [0.25, 0.3) is 0 Å². The van der Waals surface area contributed by atoms with Crippen molar-refractivity contribution in [2.24, 2.45) is 5.73 Å². The van der Waals surface area contributed by atoms with Crippen molar-refractivity contribution in [1.29, 1.82) is 0 Å². The monoisotopic (exact) mass is 245 g/mol. The normalized spacial score (nSPS) is 14.5. The fourth-order valence-corrected chi connectivity index (χ4v) is 2.99. The zero-order valence-corrected chi connectivity index (χ0v) is 11.0. The van der Waals surface area contributed by atoms with Crippen molar-refractivity contribution >= 4 is 11.3 Å². The summed E-state index contributed by atoms with van der Waals surface area (Å²) in [5.41, 5.74) is 9.07. The number of hydrogen-bond donors (Lipinski definition) is 1. The lowest BCUT2D eigenvalue weighted by molar-refractivity contribution is 0.515. The first kappa shape index (κ1) is 12.3. The van der Waals surface area contributed by atoms with E-state index < -0.39 is 0 Å². The number of hydrogen-bond acceptors (Lipinski definition) is 2. The maximum absolute atomic E-state index is 6.36. The van der Waals surface area contributed by atoms with E-state index in [1.54, 1.807) is 11.3 Å². The standard InChI is InChI=1S/C15H19NS/c1-2-14(13-6-4-3-5-7-13)15(16)10-12-8-9-17-11-12/h3-9,11,14-15H,2,10,16H2,1H3. The van der Waals surface area contributed by atoms with Crippen LogP contribution < -0.4 is 5.73 Å². The molecule has 2 aromatic rings. The average Bonchev–Trinajstić information content (AvgIpc) is 2.84. The van der Waals surface area contributed by atoms with Crippen LogP contribution in [0.15, 0.2) is 47.2 Å². The molecule has 2 unspecified atom stereocenters. The minimum atomic E-state index is 0.206. The summed E-state index contributed by atoms with van der Waals surface area (Å²) >= 11 is 1.74. The van der Waals surface area contributed by atoms with Gasteiger partial charge in [0, 0.05) is 6.04 Å². The lowest BCUT2D eigenvalue weighted by Crippen LogP contribution is -2.30. The summed E-state index contributed by atoms with van der Waals surface area (Å²) in [6.07, 6.45) is 2.06. The van der Waals surface area contributed by atoms with E-state index in [-0.39, 0.29) is 6.04 Å². The molecule has 0 saturated carbocycles. The Kier molecular flexibility index (Phi) is 4.35. The fraction of sp³-hybridized carbons (Fsp3) is 0.333. The van der Waals surface area contributed by atoms with Gasteiger partial charge in [-0.15, -0.1) is 0 Å². The van der Waals surface area contributed by atoms with Gasteiger partial charge in [0.05, 0.1) is 0 Å². The molecule has 0 aliphatic heterocycles. The van der Waals surface area contributed by atoms with Crippen LogP contribution >= 0.6 is 11.3 Å². The largest absolute Gasteiger partial charge is 0.327 e. The van der Waals surface area contributed by atoms with Crippen molar-refractivity contribution in [3.05, 3.63) is 58.3 Å². The summed E-state index contributed by atoms with van der Waals surface area (Å²) in [5, 5.41) is 4.31. The van der Waals surface area contributed by atoms with Gasteiger partial charge >= 0.3 is 0 Å². The highest BCUT2D eigenvalue weighted by molar-refractivity contribution is 7.07. The Bertz CT molecular complexity index is 421. The lowest BCUT2D eigenvalue weighted by Gasteiger charge is -2.22. The van der Waals surface area contributed by atoms with Gasteiger partial charge < -0.3 is 5.73 Å². The van der Waals surface area contributed by atoms with E-state index in [1.807, 2.05) is 0 Å². The molecule has 90 valence electrons. The first-order valence-corrected chi connectivity index (χ1v) is 7.07. The third-order valence-corrected chi connectivity index (χ3v) is 3.97. The molecule has 0 radical (unpaired) electrons. The molecular weight excluding hydrogens is 226 g/mol. The summed E-state index contributed by atoms with van der Waals surface area (Å²) in [4.78, 5) is 0. The number of thiophene rings is 1. The zero-order valence-electron chi connectivity index (χ0n) is 10.2. The van der Waals surface area contributed by atoms with Gasteiger partial charge in [-0.3, -0.25) is 0 Å². The summed E-state index contributed by atoms with van der Waals surface area (Å²) in [5.74, 6) is 0.455. The molecular formula is C15H19NS. The van der Waals surface area contributed by atoms with E-state index >= 15 is 0 Å². The van der Waals surface area contributed by atoms with E-state index in [9.17, 15) is 0 Å². The van der Waals surface area contributed by atoms with E-state index in [4.69, 9.17) is 5.73 Å². The molecule has 0 aliphatic carbocycles. The molecule has 1 nitrogen and oxygen atoms in total. The molecule has 0 bridgehead atoms. The predicted octanol–water partition coefficient (Wildman–Crippen LogP) is 3.81. The summed E-state index contributed by atoms with van der Waals surface area (Å²) in [7, 11) is 0. The number of nitrogens with two attached hydrogens (primary N) is 1. The van der Waals surface area contributed by atoms with Gasteiger partial charge in [-0.05, 0) is 46.7 Å². The van der Waals surface area contributed by atoms with Crippen molar-refractivity contribution < 1.29 is 0 Å². The Morgan fingerprint density at radius 2 is 1.94 bits per heavy atom. The van der Waals surface area contributed by atoms with Crippen molar-refractivity contribution in [2.75, 3.05) is 0 Å². The number of rotatable bonds is 5. The Morgan fingerprint density at radius 3 is 2.53 bits per heavy atom. The minimum Gasteiger partial charge on any atom is -0.327 e. The second kappa shape index (κ2) is 5.99. The fourth-order valence-electron chi connectivity index (χ4n) is 2.31. The maximum atomic E-state index is 6.36. The first-order valence-electron chi connectivity index (χ1n) is 6.13. The van der Waals surface area contributed by atoms with E-state index in [0.717, 1.165) is 12.8 Å². The van der Waals surface area contributed by atoms with Crippen LogP contribution in [0.1, 0.15) is 30.4 Å².